The summed E-state index contributed by atoms with van der Waals surface area (Å²) in [6.45, 7) is 3.12. The normalized spacial score (nSPS) is 10.5. The number of hydrogen-bond donors (Lipinski definition) is 1. The van der Waals surface area contributed by atoms with E-state index in [2.05, 4.69) is 23.5 Å². The summed E-state index contributed by atoms with van der Waals surface area (Å²) >= 11 is 0. The Labute approximate surface area is 79.7 Å². The van der Waals surface area contributed by atoms with Gasteiger partial charge in [-0.1, -0.05) is 37.6 Å². The van der Waals surface area contributed by atoms with Crippen molar-refractivity contribution in [3.63, 3.8) is 0 Å². The van der Waals surface area contributed by atoms with Gasteiger partial charge >= 0.3 is 0 Å². The summed E-state index contributed by atoms with van der Waals surface area (Å²) < 4.78 is 0. The Morgan fingerprint density at radius 3 is 2.92 bits per heavy atom. The molecule has 0 amide bonds. The van der Waals surface area contributed by atoms with E-state index in [0.29, 0.717) is 0 Å². The Balaban J connectivity index is 2.25. The minimum absolute atomic E-state index is 0.950. The van der Waals surface area contributed by atoms with Gasteiger partial charge in [0.15, 0.2) is 0 Å². The van der Waals surface area contributed by atoms with E-state index in [9.17, 15) is 0 Å². The first kappa shape index (κ1) is 9.78. The first-order valence-corrected chi connectivity index (χ1v) is 4.65. The van der Waals surface area contributed by atoms with Crippen molar-refractivity contribution in [1.82, 2.24) is 5.43 Å². The van der Waals surface area contributed by atoms with Crippen molar-refractivity contribution in [1.29, 1.82) is 0 Å². The van der Waals surface area contributed by atoms with Gasteiger partial charge in [-0.3, -0.25) is 0 Å². The van der Waals surface area contributed by atoms with Crippen molar-refractivity contribution in [3.05, 3.63) is 35.9 Å². The third-order valence-corrected chi connectivity index (χ3v) is 1.69. The monoisotopic (exact) mass is 175 g/mol. The highest BCUT2D eigenvalue weighted by Crippen LogP contribution is 1.92. The lowest BCUT2D eigenvalue weighted by molar-refractivity contribution is 0.674. The Morgan fingerprint density at radius 2 is 2.23 bits per heavy atom. The standard InChI is InChI=1S/C11H15N2/c1-2-3-9-12-13-10-11-7-5-4-6-8-11/h5-8,10,12H,2-3,9H2,1H3. The Morgan fingerprint density at radius 1 is 1.46 bits per heavy atom. The third-order valence-electron chi connectivity index (χ3n) is 1.69. The fourth-order valence-electron chi connectivity index (χ4n) is 0.926. The van der Waals surface area contributed by atoms with Gasteiger partial charge in [-0.25, -0.2) is 0 Å². The summed E-state index contributed by atoms with van der Waals surface area (Å²) in [5, 5.41) is 4.09. The molecule has 0 aromatic heterocycles. The molecular formula is C11H15N2. The van der Waals surface area contributed by atoms with Crippen LogP contribution in [0, 0.1) is 6.07 Å². The number of unbranched alkanes of at least 4 members (excludes halogenated alkanes) is 1. The van der Waals surface area contributed by atoms with Gasteiger partial charge in [-0.05, 0) is 18.1 Å². The summed E-state index contributed by atoms with van der Waals surface area (Å²) in [5.41, 5.74) is 4.09. The number of hydrazone groups is 1. The Kier molecular flexibility index (Phi) is 4.69. The van der Waals surface area contributed by atoms with Gasteiger partial charge < -0.3 is 5.43 Å². The average Bonchev–Trinajstić information content (AvgIpc) is 2.19. The van der Waals surface area contributed by atoms with E-state index in [1.165, 1.54) is 12.8 Å². The van der Waals surface area contributed by atoms with Crippen molar-refractivity contribution in [2.45, 2.75) is 19.8 Å². The molecule has 0 aliphatic heterocycles. The molecule has 1 N–H and O–H groups in total. The van der Waals surface area contributed by atoms with Crippen LogP contribution in [-0.4, -0.2) is 12.8 Å². The van der Waals surface area contributed by atoms with Crippen LogP contribution in [-0.2, 0) is 0 Å². The lowest BCUT2D eigenvalue weighted by Gasteiger charge is -1.96. The van der Waals surface area contributed by atoms with E-state index in [1.807, 2.05) is 30.5 Å². The summed E-state index contributed by atoms with van der Waals surface area (Å²) in [6.07, 6.45) is 4.19. The van der Waals surface area contributed by atoms with Crippen molar-refractivity contribution < 1.29 is 0 Å². The SMILES string of the molecule is CCCCNN=Cc1cc[c]cc1. The molecule has 0 aliphatic rings. The van der Waals surface area contributed by atoms with E-state index in [0.717, 1.165) is 12.1 Å². The first-order valence-electron chi connectivity index (χ1n) is 4.65. The first-order chi connectivity index (χ1) is 6.43. The molecule has 1 radical (unpaired) electrons. The van der Waals surface area contributed by atoms with Crippen LogP contribution in [0.1, 0.15) is 25.3 Å². The van der Waals surface area contributed by atoms with Gasteiger partial charge in [0.25, 0.3) is 0 Å². The molecule has 0 spiro atoms. The van der Waals surface area contributed by atoms with Crippen LogP contribution in [0.3, 0.4) is 0 Å². The molecular weight excluding hydrogens is 160 g/mol. The minimum Gasteiger partial charge on any atom is -0.310 e. The third kappa shape index (κ3) is 4.31. The highest BCUT2D eigenvalue weighted by molar-refractivity contribution is 5.79. The van der Waals surface area contributed by atoms with Gasteiger partial charge in [0.1, 0.15) is 0 Å². The molecule has 0 unspecified atom stereocenters. The molecule has 0 aliphatic carbocycles. The second-order valence-electron chi connectivity index (χ2n) is 2.85. The lowest BCUT2D eigenvalue weighted by atomic mass is 10.2. The van der Waals surface area contributed by atoms with Crippen LogP contribution in [0.4, 0.5) is 0 Å². The quantitative estimate of drug-likeness (QED) is 0.414. The molecule has 0 atom stereocenters. The highest BCUT2D eigenvalue weighted by Gasteiger charge is 1.83. The Hall–Kier alpha value is -1.31. The second kappa shape index (κ2) is 6.23. The number of benzene rings is 1. The minimum atomic E-state index is 0.950. The zero-order valence-electron chi connectivity index (χ0n) is 7.96. The maximum Gasteiger partial charge on any atom is 0.0540 e. The van der Waals surface area contributed by atoms with Crippen molar-refractivity contribution in [2.24, 2.45) is 5.10 Å². The number of hydrogen-bond acceptors (Lipinski definition) is 2. The summed E-state index contributed by atoms with van der Waals surface area (Å²) in [6, 6.07) is 10.7. The zero-order chi connectivity index (χ0) is 9.36. The van der Waals surface area contributed by atoms with Gasteiger partial charge in [0.2, 0.25) is 0 Å². The Bertz CT molecular complexity index is 242. The smallest absolute Gasteiger partial charge is 0.0540 e. The van der Waals surface area contributed by atoms with Gasteiger partial charge in [-0.2, -0.15) is 5.10 Å². The van der Waals surface area contributed by atoms with E-state index < -0.39 is 0 Å². The van der Waals surface area contributed by atoms with E-state index in [4.69, 9.17) is 0 Å². The number of nitrogens with one attached hydrogen (secondary N) is 1. The predicted octanol–water partition coefficient (Wildman–Crippen LogP) is 2.21. The zero-order valence-corrected chi connectivity index (χ0v) is 7.96. The van der Waals surface area contributed by atoms with E-state index in [1.54, 1.807) is 0 Å². The molecule has 69 valence electrons. The van der Waals surface area contributed by atoms with Gasteiger partial charge in [0, 0.05) is 6.54 Å². The highest BCUT2D eigenvalue weighted by atomic mass is 15.3. The molecule has 0 saturated heterocycles. The predicted molar refractivity (Wildman–Crippen MR) is 55.8 cm³/mol. The molecule has 2 heteroatoms. The van der Waals surface area contributed by atoms with Crippen molar-refractivity contribution in [3.8, 4) is 0 Å². The van der Waals surface area contributed by atoms with Crippen LogP contribution < -0.4 is 5.43 Å². The molecule has 0 saturated carbocycles. The average molecular weight is 175 g/mol. The van der Waals surface area contributed by atoms with E-state index >= 15 is 0 Å². The summed E-state index contributed by atoms with van der Waals surface area (Å²) in [4.78, 5) is 0. The summed E-state index contributed by atoms with van der Waals surface area (Å²) in [7, 11) is 0. The fourth-order valence-corrected chi connectivity index (χ4v) is 0.926. The molecule has 0 fully saturated rings. The van der Waals surface area contributed by atoms with Gasteiger partial charge in [0.05, 0.1) is 6.21 Å². The molecule has 1 rings (SSSR count). The van der Waals surface area contributed by atoms with Crippen LogP contribution in [0.15, 0.2) is 29.4 Å². The largest absolute Gasteiger partial charge is 0.310 e. The van der Waals surface area contributed by atoms with Crippen LogP contribution in [0.25, 0.3) is 0 Å². The molecule has 0 heterocycles. The van der Waals surface area contributed by atoms with Gasteiger partial charge in [-0.15, -0.1) is 0 Å². The summed E-state index contributed by atoms with van der Waals surface area (Å²) in [5.74, 6) is 0. The lowest BCUT2D eigenvalue weighted by Crippen LogP contribution is -2.06. The fraction of sp³-hybridized carbons (Fsp3) is 0.364. The topological polar surface area (TPSA) is 24.4 Å². The molecule has 1 aromatic carbocycles. The molecule has 13 heavy (non-hydrogen) atoms. The van der Waals surface area contributed by atoms with Crippen LogP contribution >= 0.6 is 0 Å². The number of nitrogens with zero attached hydrogens (tertiary/aromatic N) is 1. The van der Waals surface area contributed by atoms with Crippen LogP contribution in [0.5, 0.6) is 0 Å². The molecule has 2 nitrogen and oxygen atoms in total. The maximum atomic E-state index is 4.09. The molecule has 0 bridgehead atoms. The van der Waals surface area contributed by atoms with E-state index in [-0.39, 0.29) is 0 Å². The maximum absolute atomic E-state index is 4.09. The van der Waals surface area contributed by atoms with Crippen LogP contribution in [0.2, 0.25) is 0 Å². The second-order valence-corrected chi connectivity index (χ2v) is 2.85. The van der Waals surface area contributed by atoms with Crippen molar-refractivity contribution in [2.75, 3.05) is 6.54 Å². The number of rotatable bonds is 5. The molecule has 1 aromatic rings. The van der Waals surface area contributed by atoms with Crippen molar-refractivity contribution >= 4 is 6.21 Å².